The van der Waals surface area contributed by atoms with Gasteiger partial charge in [0.05, 0.1) is 5.69 Å². The van der Waals surface area contributed by atoms with Crippen molar-refractivity contribution in [3.63, 3.8) is 0 Å². The van der Waals surface area contributed by atoms with Crippen LogP contribution < -0.4 is 0 Å². The third-order valence-corrected chi connectivity index (χ3v) is 3.93. The first kappa shape index (κ1) is 13.6. The summed E-state index contributed by atoms with van der Waals surface area (Å²) in [7, 11) is 0. The lowest BCUT2D eigenvalue weighted by molar-refractivity contribution is 0.923. The molecule has 2 rings (SSSR count). The first-order chi connectivity index (χ1) is 9.11. The summed E-state index contributed by atoms with van der Waals surface area (Å²) < 4.78 is 0. The van der Waals surface area contributed by atoms with Gasteiger partial charge in [-0.15, -0.1) is 11.8 Å². The first-order valence-corrected chi connectivity index (χ1v) is 7.03. The summed E-state index contributed by atoms with van der Waals surface area (Å²) in [6.45, 7) is 5.80. The molecule has 0 atom stereocenters. The van der Waals surface area contributed by atoms with Gasteiger partial charge in [0.1, 0.15) is 22.5 Å². The number of thioether (sulfide) groups is 1. The predicted octanol–water partition coefficient (Wildman–Crippen LogP) is 3.57. The van der Waals surface area contributed by atoms with Crippen LogP contribution in [0.4, 0.5) is 0 Å². The lowest BCUT2D eigenvalue weighted by atomic mass is 10.1. The van der Waals surface area contributed by atoms with Crippen LogP contribution >= 0.6 is 11.8 Å². The Morgan fingerprint density at radius 3 is 2.58 bits per heavy atom. The van der Waals surface area contributed by atoms with Crippen LogP contribution in [0.15, 0.2) is 29.3 Å². The number of rotatable bonds is 3. The third-order valence-electron chi connectivity index (χ3n) is 2.91. The molecule has 0 aliphatic carbocycles. The van der Waals surface area contributed by atoms with Crippen LogP contribution in [-0.2, 0) is 5.75 Å². The summed E-state index contributed by atoms with van der Waals surface area (Å²) in [6, 6.07) is 10.5. The Balaban J connectivity index is 2.25. The molecule has 3 nitrogen and oxygen atoms in total. The van der Waals surface area contributed by atoms with Crippen LogP contribution in [-0.4, -0.2) is 9.97 Å². The summed E-state index contributed by atoms with van der Waals surface area (Å²) >= 11 is 1.59. The van der Waals surface area contributed by atoms with E-state index >= 15 is 0 Å². The van der Waals surface area contributed by atoms with E-state index in [2.05, 4.69) is 35.1 Å². The second-order valence-corrected chi connectivity index (χ2v) is 5.33. The Labute approximate surface area is 117 Å². The molecule has 0 saturated heterocycles. The first-order valence-electron chi connectivity index (χ1n) is 6.04. The molecule has 0 fully saturated rings. The van der Waals surface area contributed by atoms with Crippen molar-refractivity contribution in [1.29, 1.82) is 5.26 Å². The van der Waals surface area contributed by atoms with E-state index < -0.39 is 0 Å². The number of aryl methyl sites for hydroxylation is 3. The molecule has 0 unspecified atom stereocenters. The maximum absolute atomic E-state index is 9.20. The van der Waals surface area contributed by atoms with E-state index in [-0.39, 0.29) is 0 Å². The van der Waals surface area contributed by atoms with Crippen molar-refractivity contribution in [2.24, 2.45) is 0 Å². The molecule has 4 heteroatoms. The average Bonchev–Trinajstić information content (AvgIpc) is 2.37. The highest BCUT2D eigenvalue weighted by atomic mass is 32.2. The Morgan fingerprint density at radius 2 is 1.89 bits per heavy atom. The van der Waals surface area contributed by atoms with Gasteiger partial charge >= 0.3 is 0 Å². The Kier molecular flexibility index (Phi) is 4.18. The van der Waals surface area contributed by atoms with E-state index in [9.17, 15) is 5.26 Å². The summed E-state index contributed by atoms with van der Waals surface area (Å²) in [5.41, 5.74) is 3.87. The predicted molar refractivity (Wildman–Crippen MR) is 77.0 cm³/mol. The summed E-state index contributed by atoms with van der Waals surface area (Å²) in [5, 5.41) is 9.97. The second-order valence-electron chi connectivity index (χ2n) is 4.36. The maximum atomic E-state index is 9.20. The molecule has 0 aliphatic heterocycles. The Hall–Kier alpha value is -1.86. The van der Waals surface area contributed by atoms with Gasteiger partial charge < -0.3 is 0 Å². The van der Waals surface area contributed by atoms with Crippen molar-refractivity contribution < 1.29 is 0 Å². The third kappa shape index (κ3) is 3.12. The lowest BCUT2D eigenvalue weighted by Crippen LogP contribution is -1.99. The molecule has 0 aliphatic rings. The van der Waals surface area contributed by atoms with Crippen LogP contribution in [0.5, 0.6) is 0 Å². The number of hydrogen-bond donors (Lipinski definition) is 0. The van der Waals surface area contributed by atoms with E-state index in [0.29, 0.717) is 11.4 Å². The van der Waals surface area contributed by atoms with E-state index in [1.54, 1.807) is 11.8 Å². The Bertz CT molecular complexity index is 644. The molecule has 96 valence electrons. The molecular weight excluding hydrogens is 254 g/mol. The fourth-order valence-corrected chi connectivity index (χ4v) is 2.98. The lowest BCUT2D eigenvalue weighted by Gasteiger charge is -2.08. The fraction of sp³-hybridized carbons (Fsp3) is 0.267. The zero-order valence-electron chi connectivity index (χ0n) is 11.3. The van der Waals surface area contributed by atoms with E-state index in [1.165, 1.54) is 11.1 Å². The van der Waals surface area contributed by atoms with Crippen LogP contribution in [0.25, 0.3) is 0 Å². The molecule has 0 spiro atoms. The maximum Gasteiger partial charge on any atom is 0.126 e. The fourth-order valence-electron chi connectivity index (χ4n) is 1.83. The molecule has 0 bridgehead atoms. The minimum absolute atomic E-state index is 0.587. The number of benzene rings is 1. The summed E-state index contributed by atoms with van der Waals surface area (Å²) in [5.74, 6) is 1.53. The molecular formula is C15H15N3S. The topological polar surface area (TPSA) is 49.6 Å². The van der Waals surface area contributed by atoms with Crippen LogP contribution in [0, 0.1) is 32.1 Å². The highest BCUT2D eigenvalue weighted by Gasteiger charge is 2.10. The van der Waals surface area contributed by atoms with Gasteiger partial charge in [0.15, 0.2) is 0 Å². The molecule has 19 heavy (non-hydrogen) atoms. The van der Waals surface area contributed by atoms with Crippen LogP contribution in [0.1, 0.15) is 28.2 Å². The number of hydrogen-bond acceptors (Lipinski definition) is 4. The minimum atomic E-state index is 0.587. The van der Waals surface area contributed by atoms with Crippen molar-refractivity contribution in [3.8, 4) is 6.07 Å². The molecule has 0 amide bonds. The summed E-state index contributed by atoms with van der Waals surface area (Å²) in [4.78, 5) is 8.61. The normalized spacial score (nSPS) is 10.2. The number of nitrogens with zero attached hydrogens (tertiary/aromatic N) is 3. The number of nitriles is 1. The van der Waals surface area contributed by atoms with Gasteiger partial charge in [-0.1, -0.05) is 24.3 Å². The smallest absolute Gasteiger partial charge is 0.126 e. The standard InChI is InChI=1S/C15H15N3S/c1-10-6-4-5-7-13(10)9-19-15-14(8-16)11(2)17-12(3)18-15/h4-7H,9H2,1-3H3. The molecule has 2 aromatic rings. The van der Waals surface area contributed by atoms with Gasteiger partial charge in [-0.2, -0.15) is 5.26 Å². The van der Waals surface area contributed by atoms with E-state index in [0.717, 1.165) is 16.5 Å². The molecule has 0 saturated carbocycles. The quantitative estimate of drug-likeness (QED) is 0.631. The average molecular weight is 269 g/mol. The number of aromatic nitrogens is 2. The zero-order chi connectivity index (χ0) is 13.8. The van der Waals surface area contributed by atoms with Crippen molar-refractivity contribution in [2.45, 2.75) is 31.6 Å². The zero-order valence-corrected chi connectivity index (χ0v) is 12.1. The Morgan fingerprint density at radius 1 is 1.16 bits per heavy atom. The van der Waals surface area contributed by atoms with Crippen molar-refractivity contribution in [1.82, 2.24) is 9.97 Å². The van der Waals surface area contributed by atoms with E-state index in [4.69, 9.17) is 0 Å². The van der Waals surface area contributed by atoms with Crippen LogP contribution in [0.2, 0.25) is 0 Å². The van der Waals surface area contributed by atoms with Gasteiger partial charge in [-0.3, -0.25) is 0 Å². The SMILES string of the molecule is Cc1nc(C)c(C#N)c(SCc2ccccc2C)n1. The van der Waals surface area contributed by atoms with Gasteiger partial charge in [0, 0.05) is 5.75 Å². The van der Waals surface area contributed by atoms with Gasteiger partial charge in [0.2, 0.25) is 0 Å². The summed E-state index contributed by atoms with van der Waals surface area (Å²) in [6.07, 6.45) is 0. The second kappa shape index (κ2) is 5.85. The monoisotopic (exact) mass is 269 g/mol. The molecule has 1 aromatic carbocycles. The van der Waals surface area contributed by atoms with Crippen molar-refractivity contribution in [2.75, 3.05) is 0 Å². The van der Waals surface area contributed by atoms with Crippen LogP contribution in [0.3, 0.4) is 0 Å². The van der Waals surface area contributed by atoms with Gasteiger partial charge in [-0.25, -0.2) is 9.97 Å². The highest BCUT2D eigenvalue weighted by Crippen LogP contribution is 2.26. The molecule has 1 heterocycles. The van der Waals surface area contributed by atoms with E-state index in [1.807, 2.05) is 26.0 Å². The van der Waals surface area contributed by atoms with Gasteiger partial charge in [0.25, 0.3) is 0 Å². The molecule has 0 N–H and O–H groups in total. The van der Waals surface area contributed by atoms with Gasteiger partial charge in [-0.05, 0) is 31.9 Å². The molecule has 0 radical (unpaired) electrons. The van der Waals surface area contributed by atoms with Crippen molar-refractivity contribution in [3.05, 3.63) is 52.5 Å². The molecule has 1 aromatic heterocycles. The largest absolute Gasteiger partial charge is 0.237 e. The van der Waals surface area contributed by atoms with Crippen molar-refractivity contribution >= 4 is 11.8 Å². The highest BCUT2D eigenvalue weighted by molar-refractivity contribution is 7.98. The minimum Gasteiger partial charge on any atom is -0.237 e.